The number of hydrogen-bond donors (Lipinski definition) is 3. The molecule has 7 nitrogen and oxygen atoms in total. The Kier molecular flexibility index (Phi) is 5.57. The van der Waals surface area contributed by atoms with Crippen LogP contribution in [-0.4, -0.2) is 32.9 Å². The van der Waals surface area contributed by atoms with E-state index in [4.69, 9.17) is 5.11 Å². The second kappa shape index (κ2) is 7.91. The van der Waals surface area contributed by atoms with E-state index in [9.17, 15) is 22.8 Å². The van der Waals surface area contributed by atoms with E-state index in [2.05, 4.69) is 15.7 Å². The molecule has 150 valence electrons. The lowest BCUT2D eigenvalue weighted by Gasteiger charge is -2.26. The van der Waals surface area contributed by atoms with Gasteiger partial charge in [-0.2, -0.15) is 18.3 Å². The van der Waals surface area contributed by atoms with E-state index in [1.165, 1.54) is 24.3 Å². The van der Waals surface area contributed by atoms with Crippen molar-refractivity contribution in [1.29, 1.82) is 0 Å². The third-order valence-electron chi connectivity index (χ3n) is 4.71. The number of aromatic nitrogens is 2. The molecular formula is C18H19F3N4O3. The fraction of sp³-hybridized carbons (Fsp3) is 0.389. The summed E-state index contributed by atoms with van der Waals surface area (Å²) < 4.78 is 39.6. The number of amides is 2. The number of hydrogen-bond acceptors (Lipinski definition) is 3. The summed E-state index contributed by atoms with van der Waals surface area (Å²) in [5.41, 5.74) is -0.251. The number of nitrogens with zero attached hydrogens (tertiary/aromatic N) is 2. The Morgan fingerprint density at radius 3 is 2.29 bits per heavy atom. The Balaban J connectivity index is 1.57. The van der Waals surface area contributed by atoms with E-state index in [0.717, 1.165) is 16.9 Å². The number of aliphatic carboxylic acids is 1. The number of benzene rings is 1. The van der Waals surface area contributed by atoms with Crippen LogP contribution in [0.2, 0.25) is 0 Å². The third kappa shape index (κ3) is 4.62. The minimum atomic E-state index is -4.52. The lowest BCUT2D eigenvalue weighted by atomic mass is 9.86. The first kappa shape index (κ1) is 19.7. The number of carboxylic acids is 1. The van der Waals surface area contributed by atoms with Crippen LogP contribution in [0.4, 0.5) is 23.7 Å². The molecule has 1 aromatic heterocycles. The number of alkyl halides is 3. The number of rotatable bonds is 4. The van der Waals surface area contributed by atoms with Gasteiger partial charge in [0, 0.05) is 11.7 Å². The number of halogens is 3. The highest BCUT2D eigenvalue weighted by Gasteiger charge is 2.35. The predicted octanol–water partition coefficient (Wildman–Crippen LogP) is 3.66. The number of carbonyl (C=O) groups excluding carboxylic acids is 1. The van der Waals surface area contributed by atoms with Gasteiger partial charge < -0.3 is 15.7 Å². The third-order valence-corrected chi connectivity index (χ3v) is 4.71. The molecule has 0 saturated heterocycles. The van der Waals surface area contributed by atoms with Crippen LogP contribution in [-0.2, 0) is 11.0 Å². The summed E-state index contributed by atoms with van der Waals surface area (Å²) in [6.07, 6.45) is -1.25. The summed E-state index contributed by atoms with van der Waals surface area (Å²) in [5.74, 6) is -1.17. The fourth-order valence-corrected chi connectivity index (χ4v) is 3.25. The van der Waals surface area contributed by atoms with E-state index < -0.39 is 23.9 Å². The van der Waals surface area contributed by atoms with Gasteiger partial charge in [0.2, 0.25) is 0 Å². The van der Waals surface area contributed by atoms with Crippen molar-refractivity contribution >= 4 is 17.7 Å². The molecule has 2 aromatic rings. The molecule has 3 rings (SSSR count). The first-order valence-electron chi connectivity index (χ1n) is 8.76. The second-order valence-electron chi connectivity index (χ2n) is 6.66. The molecule has 1 fully saturated rings. The summed E-state index contributed by atoms with van der Waals surface area (Å²) >= 11 is 0. The Hall–Kier alpha value is -3.04. The molecule has 3 N–H and O–H groups in total. The molecule has 1 saturated carbocycles. The van der Waals surface area contributed by atoms with Crippen LogP contribution in [0.25, 0.3) is 5.69 Å². The molecule has 1 aliphatic rings. The highest BCUT2D eigenvalue weighted by molar-refractivity contribution is 5.89. The first-order chi connectivity index (χ1) is 13.2. The first-order valence-corrected chi connectivity index (χ1v) is 8.76. The van der Waals surface area contributed by atoms with Crippen molar-refractivity contribution in [3.8, 4) is 5.69 Å². The molecule has 2 amide bonds. The van der Waals surface area contributed by atoms with Gasteiger partial charge in [0.25, 0.3) is 0 Å². The number of carboxylic acid groups (broad SMARTS) is 1. The van der Waals surface area contributed by atoms with E-state index in [1.807, 2.05) is 0 Å². The molecule has 28 heavy (non-hydrogen) atoms. The number of urea groups is 1. The summed E-state index contributed by atoms with van der Waals surface area (Å²) in [7, 11) is 0. The van der Waals surface area contributed by atoms with Crippen molar-refractivity contribution in [3.63, 3.8) is 0 Å². The van der Waals surface area contributed by atoms with Crippen molar-refractivity contribution in [3.05, 3.63) is 42.2 Å². The van der Waals surface area contributed by atoms with Crippen molar-refractivity contribution in [1.82, 2.24) is 15.1 Å². The Bertz CT molecular complexity index is 841. The van der Waals surface area contributed by atoms with Gasteiger partial charge in [-0.05, 0) is 56.0 Å². The van der Waals surface area contributed by atoms with Crippen molar-refractivity contribution in [2.45, 2.75) is 37.9 Å². The Morgan fingerprint density at radius 2 is 1.71 bits per heavy atom. The molecular weight excluding hydrogens is 377 g/mol. The molecule has 1 aliphatic carbocycles. The number of anilines is 1. The van der Waals surface area contributed by atoms with Crippen LogP contribution in [0.5, 0.6) is 0 Å². The van der Waals surface area contributed by atoms with Crippen LogP contribution in [0.1, 0.15) is 31.4 Å². The van der Waals surface area contributed by atoms with Crippen LogP contribution >= 0.6 is 0 Å². The van der Waals surface area contributed by atoms with Gasteiger partial charge >= 0.3 is 18.2 Å². The molecule has 0 radical (unpaired) electrons. The molecule has 0 spiro atoms. The number of carbonyl (C=O) groups is 2. The summed E-state index contributed by atoms with van der Waals surface area (Å²) in [6, 6.07) is 6.16. The zero-order valence-electron chi connectivity index (χ0n) is 14.7. The summed E-state index contributed by atoms with van der Waals surface area (Å²) in [4.78, 5) is 23.0. The monoisotopic (exact) mass is 396 g/mol. The zero-order chi connectivity index (χ0) is 20.3. The topological polar surface area (TPSA) is 96.3 Å². The second-order valence-corrected chi connectivity index (χ2v) is 6.66. The van der Waals surface area contributed by atoms with Crippen LogP contribution in [0.3, 0.4) is 0 Å². The molecule has 0 unspecified atom stereocenters. The highest BCUT2D eigenvalue weighted by Crippen LogP contribution is 2.30. The van der Waals surface area contributed by atoms with Gasteiger partial charge in [0.15, 0.2) is 0 Å². The number of nitrogens with one attached hydrogen (secondary N) is 2. The quantitative estimate of drug-likeness (QED) is 0.735. The van der Waals surface area contributed by atoms with Gasteiger partial charge in [-0.3, -0.25) is 4.79 Å². The van der Waals surface area contributed by atoms with Crippen molar-refractivity contribution in [2.75, 3.05) is 5.32 Å². The lowest BCUT2D eigenvalue weighted by Crippen LogP contribution is -2.40. The maximum atomic E-state index is 13.0. The standard InChI is InChI=1S/C18H19F3N4O3/c19-18(20,21)15-9-10-22-25(15)14-7-5-13(6-8-14)24-17(28)23-12-3-1-11(2-4-12)16(26)27/h5-12H,1-4H2,(H,26,27)(H2,23,24,28). The van der Waals surface area contributed by atoms with Gasteiger partial charge in [0.1, 0.15) is 5.69 Å². The fourth-order valence-electron chi connectivity index (χ4n) is 3.25. The summed E-state index contributed by atoms with van der Waals surface area (Å²) in [6.45, 7) is 0. The SMILES string of the molecule is O=C(Nc1ccc(-n2nccc2C(F)(F)F)cc1)NC1CCC(C(=O)O)CC1. The van der Waals surface area contributed by atoms with E-state index in [0.29, 0.717) is 31.4 Å². The average molecular weight is 396 g/mol. The van der Waals surface area contributed by atoms with E-state index >= 15 is 0 Å². The summed E-state index contributed by atoms with van der Waals surface area (Å²) in [5, 5.41) is 18.1. The van der Waals surface area contributed by atoms with Gasteiger partial charge in [-0.15, -0.1) is 0 Å². The Labute approximate surface area is 158 Å². The van der Waals surface area contributed by atoms with Crippen molar-refractivity contribution < 1.29 is 27.9 Å². The van der Waals surface area contributed by atoms with Crippen molar-refractivity contribution in [2.24, 2.45) is 5.92 Å². The van der Waals surface area contributed by atoms with Gasteiger partial charge in [0.05, 0.1) is 17.8 Å². The van der Waals surface area contributed by atoms with Gasteiger partial charge in [-0.1, -0.05) is 0 Å². The smallest absolute Gasteiger partial charge is 0.433 e. The molecule has 0 aliphatic heterocycles. The average Bonchev–Trinajstić information content (AvgIpc) is 3.13. The Morgan fingerprint density at radius 1 is 1.07 bits per heavy atom. The molecule has 10 heteroatoms. The minimum Gasteiger partial charge on any atom is -0.481 e. The lowest BCUT2D eigenvalue weighted by molar-refractivity contribution is -0.143. The minimum absolute atomic E-state index is 0.103. The molecule has 0 atom stereocenters. The largest absolute Gasteiger partial charge is 0.481 e. The maximum absolute atomic E-state index is 13.0. The zero-order valence-corrected chi connectivity index (χ0v) is 14.7. The van der Waals surface area contributed by atoms with Crippen LogP contribution in [0, 0.1) is 5.92 Å². The normalized spacial score (nSPS) is 19.8. The maximum Gasteiger partial charge on any atom is 0.433 e. The molecule has 1 heterocycles. The van der Waals surface area contributed by atoms with E-state index in [-0.39, 0.29) is 17.6 Å². The van der Waals surface area contributed by atoms with Crippen LogP contribution in [0.15, 0.2) is 36.5 Å². The molecule has 0 bridgehead atoms. The highest BCUT2D eigenvalue weighted by atomic mass is 19.4. The predicted molar refractivity (Wildman–Crippen MR) is 94.1 cm³/mol. The van der Waals surface area contributed by atoms with E-state index in [1.54, 1.807) is 0 Å². The van der Waals surface area contributed by atoms with Gasteiger partial charge in [-0.25, -0.2) is 9.48 Å². The molecule has 1 aromatic carbocycles. The van der Waals surface area contributed by atoms with Crippen LogP contribution < -0.4 is 10.6 Å².